The molecule has 1 nitrogen and oxygen atoms in total. The SMILES string of the molecule is CSc1ccc(CNCc2cc(F)ccc2Br)cc1. The summed E-state index contributed by atoms with van der Waals surface area (Å²) in [6.07, 6.45) is 2.06. The molecule has 0 aromatic heterocycles. The van der Waals surface area contributed by atoms with Crippen LogP contribution >= 0.6 is 27.7 Å². The summed E-state index contributed by atoms with van der Waals surface area (Å²) in [4.78, 5) is 1.26. The molecule has 0 atom stereocenters. The molecule has 0 heterocycles. The van der Waals surface area contributed by atoms with E-state index in [0.717, 1.165) is 16.6 Å². The van der Waals surface area contributed by atoms with Crippen molar-refractivity contribution >= 4 is 27.7 Å². The Morgan fingerprint density at radius 1 is 1.11 bits per heavy atom. The van der Waals surface area contributed by atoms with Crippen LogP contribution in [0.4, 0.5) is 4.39 Å². The third-order valence-electron chi connectivity index (χ3n) is 2.81. The van der Waals surface area contributed by atoms with Gasteiger partial charge in [-0.25, -0.2) is 4.39 Å². The molecule has 4 heteroatoms. The van der Waals surface area contributed by atoms with Crippen LogP contribution in [0.25, 0.3) is 0 Å². The second kappa shape index (κ2) is 7.08. The molecule has 0 aliphatic heterocycles. The van der Waals surface area contributed by atoms with Crippen LogP contribution < -0.4 is 5.32 Å². The zero-order chi connectivity index (χ0) is 13.7. The summed E-state index contributed by atoms with van der Waals surface area (Å²) in [6.45, 7) is 1.42. The molecule has 0 fully saturated rings. The quantitative estimate of drug-likeness (QED) is 0.799. The van der Waals surface area contributed by atoms with Gasteiger partial charge in [0.05, 0.1) is 0 Å². The average molecular weight is 340 g/mol. The van der Waals surface area contributed by atoms with Gasteiger partial charge in [0, 0.05) is 22.5 Å². The standard InChI is InChI=1S/C15H15BrFNS/c1-19-14-5-2-11(3-6-14)9-18-10-12-8-13(17)4-7-15(12)16/h2-8,18H,9-10H2,1H3. The van der Waals surface area contributed by atoms with E-state index >= 15 is 0 Å². The van der Waals surface area contributed by atoms with Gasteiger partial charge < -0.3 is 5.32 Å². The lowest BCUT2D eigenvalue weighted by molar-refractivity contribution is 0.619. The van der Waals surface area contributed by atoms with Crippen LogP contribution in [-0.4, -0.2) is 6.26 Å². The Hall–Kier alpha value is -0.840. The van der Waals surface area contributed by atoms with Crippen LogP contribution in [-0.2, 0) is 13.1 Å². The molecule has 0 aliphatic carbocycles. The second-order valence-electron chi connectivity index (χ2n) is 4.19. The van der Waals surface area contributed by atoms with E-state index in [9.17, 15) is 4.39 Å². The number of rotatable bonds is 5. The van der Waals surface area contributed by atoms with Crippen LogP contribution in [0.3, 0.4) is 0 Å². The Bertz CT molecular complexity index is 542. The molecule has 0 saturated carbocycles. The van der Waals surface area contributed by atoms with Crippen molar-refractivity contribution in [1.29, 1.82) is 0 Å². The van der Waals surface area contributed by atoms with Gasteiger partial charge in [-0.05, 0) is 47.7 Å². The van der Waals surface area contributed by atoms with Crippen LogP contribution in [0.5, 0.6) is 0 Å². The first kappa shape index (κ1) is 14.6. The monoisotopic (exact) mass is 339 g/mol. The average Bonchev–Trinajstić information content (AvgIpc) is 2.43. The molecular weight excluding hydrogens is 325 g/mol. The molecule has 1 N–H and O–H groups in total. The minimum Gasteiger partial charge on any atom is -0.309 e. The Balaban J connectivity index is 1.90. The second-order valence-corrected chi connectivity index (χ2v) is 5.92. The molecule has 19 heavy (non-hydrogen) atoms. The summed E-state index contributed by atoms with van der Waals surface area (Å²) < 4.78 is 14.1. The van der Waals surface area contributed by atoms with Gasteiger partial charge in [0.2, 0.25) is 0 Å². The molecule has 2 rings (SSSR count). The largest absolute Gasteiger partial charge is 0.309 e. The lowest BCUT2D eigenvalue weighted by Gasteiger charge is -2.08. The van der Waals surface area contributed by atoms with Crippen molar-refractivity contribution in [3.8, 4) is 0 Å². The summed E-state index contributed by atoms with van der Waals surface area (Å²) >= 11 is 5.16. The fourth-order valence-electron chi connectivity index (χ4n) is 1.76. The highest BCUT2D eigenvalue weighted by Crippen LogP contribution is 2.18. The Morgan fingerprint density at radius 2 is 1.84 bits per heavy atom. The molecule has 0 radical (unpaired) electrons. The predicted octanol–water partition coefficient (Wildman–Crippen LogP) is 4.60. The van der Waals surface area contributed by atoms with Gasteiger partial charge in [0.25, 0.3) is 0 Å². The molecule has 0 spiro atoms. The van der Waals surface area contributed by atoms with E-state index in [4.69, 9.17) is 0 Å². The highest BCUT2D eigenvalue weighted by molar-refractivity contribution is 9.10. The molecule has 100 valence electrons. The van der Waals surface area contributed by atoms with Crippen LogP contribution in [0, 0.1) is 5.82 Å². The van der Waals surface area contributed by atoms with E-state index in [0.29, 0.717) is 6.54 Å². The maximum Gasteiger partial charge on any atom is 0.123 e. The molecule has 2 aromatic rings. The zero-order valence-corrected chi connectivity index (χ0v) is 13.0. The van der Waals surface area contributed by atoms with E-state index in [-0.39, 0.29) is 5.82 Å². The fraction of sp³-hybridized carbons (Fsp3) is 0.200. The summed E-state index contributed by atoms with van der Waals surface area (Å²) in [5, 5.41) is 3.32. The number of hydrogen-bond acceptors (Lipinski definition) is 2. The van der Waals surface area contributed by atoms with E-state index in [2.05, 4.69) is 51.8 Å². The van der Waals surface area contributed by atoms with Gasteiger partial charge in [0.15, 0.2) is 0 Å². The van der Waals surface area contributed by atoms with E-state index in [1.807, 2.05) is 0 Å². The normalized spacial score (nSPS) is 10.7. The lowest BCUT2D eigenvalue weighted by Crippen LogP contribution is -2.13. The topological polar surface area (TPSA) is 12.0 Å². The number of nitrogens with one attached hydrogen (secondary N) is 1. The third-order valence-corrected chi connectivity index (χ3v) is 4.33. The van der Waals surface area contributed by atoms with Crippen molar-refractivity contribution in [1.82, 2.24) is 5.32 Å². The predicted molar refractivity (Wildman–Crippen MR) is 82.9 cm³/mol. The van der Waals surface area contributed by atoms with Gasteiger partial charge in [0.1, 0.15) is 5.82 Å². The molecule has 0 unspecified atom stereocenters. The Labute approximate surface area is 125 Å². The maximum atomic E-state index is 13.1. The van der Waals surface area contributed by atoms with Crippen molar-refractivity contribution in [2.75, 3.05) is 6.26 Å². The van der Waals surface area contributed by atoms with E-state index in [1.165, 1.54) is 16.5 Å². The van der Waals surface area contributed by atoms with Gasteiger partial charge in [-0.15, -0.1) is 11.8 Å². The fourth-order valence-corrected chi connectivity index (χ4v) is 2.56. The molecule has 0 amide bonds. The van der Waals surface area contributed by atoms with Gasteiger partial charge in [-0.2, -0.15) is 0 Å². The Morgan fingerprint density at radius 3 is 2.53 bits per heavy atom. The van der Waals surface area contributed by atoms with Crippen LogP contribution in [0.1, 0.15) is 11.1 Å². The van der Waals surface area contributed by atoms with Gasteiger partial charge in [-0.3, -0.25) is 0 Å². The summed E-state index contributed by atoms with van der Waals surface area (Å²) in [5.41, 5.74) is 2.16. The summed E-state index contributed by atoms with van der Waals surface area (Å²) in [6, 6.07) is 13.2. The number of benzene rings is 2. The minimum atomic E-state index is -0.204. The highest BCUT2D eigenvalue weighted by Gasteiger charge is 2.01. The van der Waals surface area contributed by atoms with Crippen molar-refractivity contribution < 1.29 is 4.39 Å². The van der Waals surface area contributed by atoms with Crippen molar-refractivity contribution in [2.45, 2.75) is 18.0 Å². The van der Waals surface area contributed by atoms with Gasteiger partial charge >= 0.3 is 0 Å². The molecule has 0 bridgehead atoms. The smallest absolute Gasteiger partial charge is 0.123 e. The molecule has 2 aromatic carbocycles. The third kappa shape index (κ3) is 4.34. The van der Waals surface area contributed by atoms with Crippen molar-refractivity contribution in [2.24, 2.45) is 0 Å². The van der Waals surface area contributed by atoms with Crippen molar-refractivity contribution in [3.63, 3.8) is 0 Å². The first-order valence-electron chi connectivity index (χ1n) is 5.96. The van der Waals surface area contributed by atoms with Crippen LogP contribution in [0.2, 0.25) is 0 Å². The number of thioether (sulfide) groups is 1. The molecule has 0 saturated heterocycles. The molecule has 0 aliphatic rings. The highest BCUT2D eigenvalue weighted by atomic mass is 79.9. The Kier molecular flexibility index (Phi) is 5.43. The van der Waals surface area contributed by atoms with Crippen molar-refractivity contribution in [3.05, 3.63) is 63.9 Å². The molecular formula is C15H15BrFNS. The zero-order valence-electron chi connectivity index (χ0n) is 10.6. The number of hydrogen-bond donors (Lipinski definition) is 1. The minimum absolute atomic E-state index is 0.204. The summed E-state index contributed by atoms with van der Waals surface area (Å²) in [7, 11) is 0. The lowest BCUT2D eigenvalue weighted by atomic mass is 10.2. The van der Waals surface area contributed by atoms with Gasteiger partial charge in [-0.1, -0.05) is 28.1 Å². The first-order valence-corrected chi connectivity index (χ1v) is 7.98. The maximum absolute atomic E-state index is 13.1. The van der Waals surface area contributed by atoms with E-state index in [1.54, 1.807) is 23.9 Å². The first-order chi connectivity index (χ1) is 9.19. The van der Waals surface area contributed by atoms with E-state index < -0.39 is 0 Å². The van der Waals surface area contributed by atoms with Crippen LogP contribution in [0.15, 0.2) is 51.8 Å². The summed E-state index contributed by atoms with van der Waals surface area (Å²) in [5.74, 6) is -0.204. The number of halogens is 2.